The van der Waals surface area contributed by atoms with Crippen molar-refractivity contribution in [3.63, 3.8) is 0 Å². The minimum atomic E-state index is -2.80. The maximum atomic E-state index is 11.4. The third kappa shape index (κ3) is 2.11. The van der Waals surface area contributed by atoms with E-state index in [2.05, 4.69) is 0 Å². The molecule has 3 rings (SSSR count). The first-order valence-corrected chi connectivity index (χ1v) is 9.31. The Morgan fingerprint density at radius 2 is 1.83 bits per heavy atom. The van der Waals surface area contributed by atoms with Gasteiger partial charge in [0.2, 0.25) is 0 Å². The van der Waals surface area contributed by atoms with Gasteiger partial charge in [-0.15, -0.1) is 0 Å². The van der Waals surface area contributed by atoms with E-state index in [1.165, 1.54) is 19.3 Å². The van der Waals surface area contributed by atoms with Crippen molar-refractivity contribution in [1.29, 1.82) is 0 Å². The molecule has 5 unspecified atom stereocenters. The van der Waals surface area contributed by atoms with Gasteiger partial charge in [-0.3, -0.25) is 0 Å². The molecule has 3 aliphatic carbocycles. The predicted molar refractivity (Wildman–Crippen MR) is 72.8 cm³/mol. The van der Waals surface area contributed by atoms with Crippen molar-refractivity contribution in [3.8, 4) is 0 Å². The maximum absolute atomic E-state index is 11.4. The van der Waals surface area contributed by atoms with Crippen LogP contribution in [0.1, 0.15) is 39.0 Å². The summed E-state index contributed by atoms with van der Waals surface area (Å²) >= 11 is 0. The van der Waals surface area contributed by atoms with Gasteiger partial charge in [0.1, 0.15) is 9.84 Å². The highest BCUT2D eigenvalue weighted by molar-refractivity contribution is 7.91. The molecule has 3 nitrogen and oxygen atoms in total. The van der Waals surface area contributed by atoms with Crippen molar-refractivity contribution in [1.82, 2.24) is 0 Å². The molecule has 0 aromatic heterocycles. The van der Waals surface area contributed by atoms with Crippen molar-refractivity contribution in [2.24, 2.45) is 35.3 Å². The van der Waals surface area contributed by atoms with Crippen LogP contribution < -0.4 is 5.73 Å². The smallest absolute Gasteiger partial charge is 0.150 e. The second-order valence-electron chi connectivity index (χ2n) is 6.61. The maximum Gasteiger partial charge on any atom is 0.150 e. The lowest BCUT2D eigenvalue weighted by Crippen LogP contribution is -2.27. The van der Waals surface area contributed by atoms with Crippen LogP contribution >= 0.6 is 0 Å². The van der Waals surface area contributed by atoms with Gasteiger partial charge in [0.05, 0.1) is 5.75 Å². The molecular weight excluding hydrogens is 246 g/mol. The highest BCUT2D eigenvalue weighted by atomic mass is 32.2. The lowest BCUT2D eigenvalue weighted by atomic mass is 9.96. The van der Waals surface area contributed by atoms with Crippen molar-refractivity contribution >= 4 is 9.84 Å². The Balaban J connectivity index is 1.45. The Hall–Kier alpha value is -0.0900. The molecule has 4 heteroatoms. The van der Waals surface area contributed by atoms with Crippen LogP contribution in [0, 0.1) is 29.6 Å². The molecule has 3 aliphatic rings. The van der Waals surface area contributed by atoms with Gasteiger partial charge in [0, 0.05) is 11.8 Å². The summed E-state index contributed by atoms with van der Waals surface area (Å²) in [5.41, 5.74) is 6.30. The van der Waals surface area contributed by atoms with E-state index in [1.807, 2.05) is 0 Å². The molecule has 104 valence electrons. The van der Waals surface area contributed by atoms with Crippen LogP contribution in [0.5, 0.6) is 0 Å². The molecule has 0 heterocycles. The van der Waals surface area contributed by atoms with Crippen molar-refractivity contribution in [2.75, 3.05) is 11.5 Å². The molecule has 0 amide bonds. The molecule has 0 aromatic rings. The number of sulfone groups is 1. The van der Waals surface area contributed by atoms with Crippen molar-refractivity contribution < 1.29 is 8.42 Å². The Kier molecular flexibility index (Phi) is 3.22. The number of fused-ring (bicyclic) bond motifs is 5. The SMILES string of the molecule is CCS(=O)(=O)CCCC(N)C1C2C3CCC(C3)C12. The minimum Gasteiger partial charge on any atom is -0.327 e. The molecule has 3 saturated carbocycles. The average molecular weight is 271 g/mol. The quantitative estimate of drug-likeness (QED) is 0.801. The first-order valence-electron chi connectivity index (χ1n) is 7.49. The van der Waals surface area contributed by atoms with Gasteiger partial charge < -0.3 is 5.73 Å². The van der Waals surface area contributed by atoms with Crippen LogP contribution in [0.2, 0.25) is 0 Å². The van der Waals surface area contributed by atoms with Gasteiger partial charge in [0.15, 0.2) is 0 Å². The van der Waals surface area contributed by atoms with E-state index in [4.69, 9.17) is 5.73 Å². The second-order valence-corrected chi connectivity index (χ2v) is 9.08. The van der Waals surface area contributed by atoms with E-state index in [0.717, 1.165) is 42.4 Å². The lowest BCUT2D eigenvalue weighted by Gasteiger charge is -2.15. The third-order valence-corrected chi connectivity index (χ3v) is 7.51. The van der Waals surface area contributed by atoms with E-state index >= 15 is 0 Å². The highest BCUT2D eigenvalue weighted by Crippen LogP contribution is 2.70. The summed E-state index contributed by atoms with van der Waals surface area (Å²) in [6.45, 7) is 1.72. The zero-order chi connectivity index (χ0) is 12.9. The van der Waals surface area contributed by atoms with Crippen LogP contribution in [0.4, 0.5) is 0 Å². The molecule has 0 aliphatic heterocycles. The Bertz CT molecular complexity index is 404. The highest BCUT2D eigenvalue weighted by Gasteiger charge is 2.65. The van der Waals surface area contributed by atoms with Crippen LogP contribution in [0.3, 0.4) is 0 Å². The summed E-state index contributed by atoms with van der Waals surface area (Å²) in [6.07, 6.45) is 5.97. The first-order chi connectivity index (χ1) is 8.53. The van der Waals surface area contributed by atoms with Gasteiger partial charge >= 0.3 is 0 Å². The van der Waals surface area contributed by atoms with Gasteiger partial charge in [-0.25, -0.2) is 8.42 Å². The summed E-state index contributed by atoms with van der Waals surface area (Å²) in [5, 5.41) is 0. The molecule has 3 fully saturated rings. The van der Waals surface area contributed by atoms with Crippen LogP contribution in [-0.2, 0) is 9.84 Å². The normalized spacial score (nSPS) is 42.9. The summed E-state index contributed by atoms with van der Waals surface area (Å²) in [5.74, 6) is 5.10. The molecule has 0 aromatic carbocycles. The standard InChI is InChI=1S/C14H25NO2S/c1-2-18(16,17)7-3-4-11(15)14-12-9-5-6-10(8-9)13(12)14/h9-14H,2-8,15H2,1H3. The van der Waals surface area contributed by atoms with E-state index in [1.54, 1.807) is 6.92 Å². The lowest BCUT2D eigenvalue weighted by molar-refractivity contribution is 0.396. The minimum absolute atomic E-state index is 0.260. The Morgan fingerprint density at radius 1 is 1.22 bits per heavy atom. The van der Waals surface area contributed by atoms with Crippen LogP contribution in [0.15, 0.2) is 0 Å². The topological polar surface area (TPSA) is 60.2 Å². The largest absolute Gasteiger partial charge is 0.327 e. The molecule has 0 spiro atoms. The fourth-order valence-corrected chi connectivity index (χ4v) is 5.74. The van der Waals surface area contributed by atoms with Gasteiger partial charge in [-0.2, -0.15) is 0 Å². The molecule has 18 heavy (non-hydrogen) atoms. The summed E-state index contributed by atoms with van der Waals surface area (Å²) in [4.78, 5) is 0. The fourth-order valence-electron chi connectivity index (χ4n) is 4.84. The zero-order valence-corrected chi connectivity index (χ0v) is 12.0. The van der Waals surface area contributed by atoms with E-state index in [-0.39, 0.29) is 11.8 Å². The third-order valence-electron chi connectivity index (χ3n) is 5.72. The Labute approximate surface area is 110 Å². The monoisotopic (exact) mass is 271 g/mol. The van der Waals surface area contributed by atoms with E-state index < -0.39 is 9.84 Å². The summed E-state index contributed by atoms with van der Waals surface area (Å²) < 4.78 is 22.9. The van der Waals surface area contributed by atoms with Crippen molar-refractivity contribution in [2.45, 2.75) is 45.1 Å². The molecule has 0 saturated heterocycles. The number of hydrogen-bond donors (Lipinski definition) is 1. The predicted octanol–water partition coefficient (Wildman–Crippen LogP) is 1.82. The first kappa shape index (κ1) is 12.9. The molecule has 0 radical (unpaired) electrons. The second kappa shape index (κ2) is 4.48. The van der Waals surface area contributed by atoms with Crippen LogP contribution in [-0.4, -0.2) is 26.0 Å². The van der Waals surface area contributed by atoms with E-state index in [9.17, 15) is 8.42 Å². The molecular formula is C14H25NO2S. The number of nitrogens with two attached hydrogens (primary N) is 1. The average Bonchev–Trinajstić information content (AvgIpc) is 2.78. The Morgan fingerprint density at radius 3 is 2.39 bits per heavy atom. The van der Waals surface area contributed by atoms with Crippen LogP contribution in [0.25, 0.3) is 0 Å². The molecule has 5 atom stereocenters. The number of hydrogen-bond acceptors (Lipinski definition) is 3. The fraction of sp³-hybridized carbons (Fsp3) is 1.00. The van der Waals surface area contributed by atoms with Gasteiger partial charge in [-0.05, 0) is 61.7 Å². The molecule has 2 N–H and O–H groups in total. The van der Waals surface area contributed by atoms with Crippen molar-refractivity contribution in [3.05, 3.63) is 0 Å². The van der Waals surface area contributed by atoms with Gasteiger partial charge in [-0.1, -0.05) is 6.92 Å². The number of rotatable bonds is 6. The zero-order valence-electron chi connectivity index (χ0n) is 11.2. The summed E-state index contributed by atoms with van der Waals surface area (Å²) in [6, 6.07) is 0.260. The van der Waals surface area contributed by atoms with E-state index in [0.29, 0.717) is 5.75 Å². The van der Waals surface area contributed by atoms with Gasteiger partial charge in [0.25, 0.3) is 0 Å². The molecule has 2 bridgehead atoms. The summed E-state index contributed by atoms with van der Waals surface area (Å²) in [7, 11) is -2.80.